The predicted molar refractivity (Wildman–Crippen MR) is 78.1 cm³/mol. The van der Waals surface area contributed by atoms with Crippen LogP contribution in [0.25, 0.3) is 0 Å². The minimum absolute atomic E-state index is 0.865. The van der Waals surface area contributed by atoms with E-state index in [2.05, 4.69) is 49.4 Å². The lowest BCUT2D eigenvalue weighted by Gasteiger charge is -2.10. The molecule has 0 unspecified atom stereocenters. The molecule has 0 aromatic heterocycles. The Morgan fingerprint density at radius 3 is 2.71 bits per heavy atom. The Hall–Kier alpha value is -0.220. The molecule has 0 saturated heterocycles. The number of nitrogens with one attached hydrogen (secondary N) is 1. The van der Waals surface area contributed by atoms with E-state index in [1.165, 1.54) is 10.5 Å². The van der Waals surface area contributed by atoms with E-state index in [1.807, 2.05) is 11.8 Å². The van der Waals surface area contributed by atoms with Crippen LogP contribution < -0.4 is 5.32 Å². The Balaban J connectivity index is 2.50. The van der Waals surface area contributed by atoms with E-state index < -0.39 is 0 Å². The summed E-state index contributed by atoms with van der Waals surface area (Å²) in [6.45, 7) is 5.04. The van der Waals surface area contributed by atoms with E-state index in [1.54, 1.807) is 0 Å². The number of hydrogen-bond acceptors (Lipinski definition) is 3. The van der Waals surface area contributed by atoms with Gasteiger partial charge in [0, 0.05) is 23.7 Å². The van der Waals surface area contributed by atoms with Gasteiger partial charge in [-0.3, -0.25) is 0 Å². The number of halogens is 1. The van der Waals surface area contributed by atoms with Crippen molar-refractivity contribution >= 4 is 23.4 Å². The SMILES string of the molecule is CCNCc1ccc(SCCN(C)C)c(Cl)c1. The second-order valence-corrected chi connectivity index (χ2v) is 5.74. The highest BCUT2D eigenvalue weighted by Gasteiger charge is 2.03. The fraction of sp³-hybridized carbons (Fsp3) is 0.538. The smallest absolute Gasteiger partial charge is 0.0545 e. The molecule has 1 N–H and O–H groups in total. The molecule has 0 amide bonds. The van der Waals surface area contributed by atoms with Crippen LogP contribution in [-0.2, 0) is 6.54 Å². The normalized spacial score (nSPS) is 11.1. The summed E-state index contributed by atoms with van der Waals surface area (Å²) in [5.41, 5.74) is 1.24. The van der Waals surface area contributed by atoms with Crippen LogP contribution in [0.1, 0.15) is 12.5 Å². The van der Waals surface area contributed by atoms with Gasteiger partial charge in [-0.05, 0) is 38.3 Å². The number of nitrogens with zero attached hydrogens (tertiary/aromatic N) is 1. The summed E-state index contributed by atoms with van der Waals surface area (Å²) in [6, 6.07) is 6.32. The molecule has 4 heteroatoms. The molecule has 17 heavy (non-hydrogen) atoms. The van der Waals surface area contributed by atoms with Gasteiger partial charge >= 0.3 is 0 Å². The van der Waals surface area contributed by atoms with Crippen molar-refractivity contribution in [2.75, 3.05) is 32.9 Å². The maximum atomic E-state index is 6.26. The van der Waals surface area contributed by atoms with E-state index in [0.717, 1.165) is 30.4 Å². The highest BCUT2D eigenvalue weighted by atomic mass is 35.5. The molecular formula is C13H21ClN2S. The van der Waals surface area contributed by atoms with Crippen LogP contribution in [0.4, 0.5) is 0 Å². The lowest BCUT2D eigenvalue weighted by atomic mass is 10.2. The molecule has 96 valence electrons. The highest BCUT2D eigenvalue weighted by molar-refractivity contribution is 7.99. The van der Waals surface area contributed by atoms with Gasteiger partial charge in [0.25, 0.3) is 0 Å². The molecule has 1 aromatic rings. The number of rotatable bonds is 7. The van der Waals surface area contributed by atoms with Crippen LogP contribution in [0.2, 0.25) is 5.02 Å². The van der Waals surface area contributed by atoms with Crippen LogP contribution in [0, 0.1) is 0 Å². The third-order valence-corrected chi connectivity index (χ3v) is 3.85. The molecule has 0 radical (unpaired) electrons. The topological polar surface area (TPSA) is 15.3 Å². The largest absolute Gasteiger partial charge is 0.313 e. The minimum Gasteiger partial charge on any atom is -0.313 e. The number of benzene rings is 1. The van der Waals surface area contributed by atoms with Gasteiger partial charge in [-0.2, -0.15) is 0 Å². The lowest BCUT2D eigenvalue weighted by molar-refractivity contribution is 0.437. The van der Waals surface area contributed by atoms with Crippen LogP contribution in [0.5, 0.6) is 0 Å². The van der Waals surface area contributed by atoms with Gasteiger partial charge in [-0.25, -0.2) is 0 Å². The van der Waals surface area contributed by atoms with Crippen molar-refractivity contribution in [2.45, 2.75) is 18.4 Å². The molecule has 1 aromatic carbocycles. The summed E-state index contributed by atoms with van der Waals surface area (Å²) in [5, 5.41) is 4.16. The zero-order valence-corrected chi connectivity index (χ0v) is 12.4. The molecule has 0 aliphatic carbocycles. The molecule has 0 atom stereocenters. The van der Waals surface area contributed by atoms with Gasteiger partial charge in [0.05, 0.1) is 5.02 Å². The molecule has 1 rings (SSSR count). The number of hydrogen-bond donors (Lipinski definition) is 1. The Morgan fingerprint density at radius 2 is 2.12 bits per heavy atom. The molecule has 2 nitrogen and oxygen atoms in total. The van der Waals surface area contributed by atoms with Crippen LogP contribution in [0.3, 0.4) is 0 Å². The average molecular weight is 273 g/mol. The van der Waals surface area contributed by atoms with Gasteiger partial charge in [0.1, 0.15) is 0 Å². The van der Waals surface area contributed by atoms with E-state index in [0.29, 0.717) is 0 Å². The molecule has 0 aliphatic rings. The van der Waals surface area contributed by atoms with Gasteiger partial charge in [0.15, 0.2) is 0 Å². The van der Waals surface area contributed by atoms with Crippen molar-refractivity contribution in [3.63, 3.8) is 0 Å². The van der Waals surface area contributed by atoms with Crippen molar-refractivity contribution in [3.8, 4) is 0 Å². The minimum atomic E-state index is 0.865. The monoisotopic (exact) mass is 272 g/mol. The van der Waals surface area contributed by atoms with Gasteiger partial charge in [-0.15, -0.1) is 11.8 Å². The maximum Gasteiger partial charge on any atom is 0.0545 e. The van der Waals surface area contributed by atoms with E-state index in [9.17, 15) is 0 Å². The standard InChI is InChI=1S/C13H21ClN2S/c1-4-15-10-11-5-6-13(12(14)9-11)17-8-7-16(2)3/h5-6,9,15H,4,7-8,10H2,1-3H3. The Kier molecular flexibility index (Phi) is 6.97. The Labute approximate surface area is 114 Å². The van der Waals surface area contributed by atoms with Crippen LogP contribution >= 0.6 is 23.4 Å². The second-order valence-electron chi connectivity index (χ2n) is 4.20. The number of thioether (sulfide) groups is 1. The first-order valence-electron chi connectivity index (χ1n) is 5.90. The zero-order valence-electron chi connectivity index (χ0n) is 10.8. The van der Waals surface area contributed by atoms with Crippen LogP contribution in [-0.4, -0.2) is 37.8 Å². The summed E-state index contributed by atoms with van der Waals surface area (Å²) in [6.07, 6.45) is 0. The van der Waals surface area contributed by atoms with E-state index >= 15 is 0 Å². The van der Waals surface area contributed by atoms with Crippen molar-refractivity contribution in [2.24, 2.45) is 0 Å². The first kappa shape index (κ1) is 14.8. The van der Waals surface area contributed by atoms with Crippen molar-refractivity contribution < 1.29 is 0 Å². The maximum absolute atomic E-state index is 6.26. The molecule has 0 fully saturated rings. The Morgan fingerprint density at radius 1 is 1.35 bits per heavy atom. The predicted octanol–water partition coefficient (Wildman–Crippen LogP) is 3.10. The second kappa shape index (κ2) is 7.98. The summed E-state index contributed by atoms with van der Waals surface area (Å²) in [5.74, 6) is 1.07. The van der Waals surface area contributed by atoms with E-state index in [-0.39, 0.29) is 0 Å². The van der Waals surface area contributed by atoms with Gasteiger partial charge in [0.2, 0.25) is 0 Å². The molecule has 0 aliphatic heterocycles. The summed E-state index contributed by atoms with van der Waals surface area (Å²) in [4.78, 5) is 3.36. The fourth-order valence-corrected chi connectivity index (χ4v) is 2.78. The molecule has 0 heterocycles. The quantitative estimate of drug-likeness (QED) is 0.768. The summed E-state index contributed by atoms with van der Waals surface area (Å²) in [7, 11) is 4.17. The summed E-state index contributed by atoms with van der Waals surface area (Å²) < 4.78 is 0. The first-order valence-corrected chi connectivity index (χ1v) is 7.26. The molecule has 0 spiro atoms. The Bertz CT molecular complexity index is 342. The van der Waals surface area contributed by atoms with Gasteiger partial charge in [-0.1, -0.05) is 24.6 Å². The molecular weight excluding hydrogens is 252 g/mol. The first-order chi connectivity index (χ1) is 8.13. The zero-order chi connectivity index (χ0) is 12.7. The third kappa shape index (κ3) is 5.77. The molecule has 0 bridgehead atoms. The van der Waals surface area contributed by atoms with Crippen molar-refractivity contribution in [3.05, 3.63) is 28.8 Å². The fourth-order valence-electron chi connectivity index (χ4n) is 1.38. The highest BCUT2D eigenvalue weighted by Crippen LogP contribution is 2.27. The van der Waals surface area contributed by atoms with Crippen molar-refractivity contribution in [1.29, 1.82) is 0 Å². The van der Waals surface area contributed by atoms with E-state index in [4.69, 9.17) is 11.6 Å². The van der Waals surface area contributed by atoms with Crippen molar-refractivity contribution in [1.82, 2.24) is 10.2 Å². The molecule has 0 saturated carbocycles. The summed E-state index contributed by atoms with van der Waals surface area (Å²) >= 11 is 8.08. The van der Waals surface area contributed by atoms with Crippen LogP contribution in [0.15, 0.2) is 23.1 Å². The lowest BCUT2D eigenvalue weighted by Crippen LogP contribution is -2.14. The average Bonchev–Trinajstić information content (AvgIpc) is 2.28. The third-order valence-electron chi connectivity index (χ3n) is 2.37. The van der Waals surface area contributed by atoms with Gasteiger partial charge < -0.3 is 10.2 Å².